The van der Waals surface area contributed by atoms with E-state index in [9.17, 15) is 4.79 Å². The molecule has 64 valence electrons. The molecule has 3 nitrogen and oxygen atoms in total. The Morgan fingerprint density at radius 1 is 1.73 bits per heavy atom. The van der Waals surface area contributed by atoms with Gasteiger partial charge in [0.15, 0.2) is 0 Å². The lowest BCUT2D eigenvalue weighted by Gasteiger charge is -2.08. The lowest BCUT2D eigenvalue weighted by atomic mass is 10.2. The molecule has 1 amide bonds. The van der Waals surface area contributed by atoms with E-state index in [1.807, 2.05) is 0 Å². The third-order valence-electron chi connectivity index (χ3n) is 2.24. The Balaban J connectivity index is 2.29. The number of amides is 1. The highest BCUT2D eigenvalue weighted by Gasteiger charge is 2.46. The summed E-state index contributed by atoms with van der Waals surface area (Å²) in [6, 6.07) is -0.0348. The van der Waals surface area contributed by atoms with Crippen molar-refractivity contribution in [2.24, 2.45) is 11.1 Å². The van der Waals surface area contributed by atoms with Crippen LogP contribution >= 0.6 is 0 Å². The largest absolute Gasteiger partial charge is 0.351 e. The number of nitrogens with two attached hydrogens (primary N) is 1. The average molecular weight is 156 g/mol. The number of nitrogens with one attached hydrogen (secondary N) is 1. The van der Waals surface area contributed by atoms with E-state index >= 15 is 0 Å². The molecule has 0 aromatic rings. The molecule has 2 atom stereocenters. The van der Waals surface area contributed by atoms with E-state index in [0.717, 1.165) is 6.42 Å². The SMILES string of the molecule is C[C@@H](N)C(=O)NC1CC1(C)C. The van der Waals surface area contributed by atoms with Gasteiger partial charge in [0.1, 0.15) is 0 Å². The zero-order valence-corrected chi connectivity index (χ0v) is 7.35. The van der Waals surface area contributed by atoms with Crippen molar-refractivity contribution in [1.29, 1.82) is 0 Å². The van der Waals surface area contributed by atoms with E-state index in [0.29, 0.717) is 11.5 Å². The first-order valence-corrected chi connectivity index (χ1v) is 3.99. The molecule has 0 radical (unpaired) electrons. The highest BCUT2D eigenvalue weighted by atomic mass is 16.2. The zero-order valence-electron chi connectivity index (χ0n) is 7.35. The fourth-order valence-electron chi connectivity index (χ4n) is 1.02. The molecule has 1 aliphatic carbocycles. The third-order valence-corrected chi connectivity index (χ3v) is 2.24. The normalized spacial score (nSPS) is 29.3. The van der Waals surface area contributed by atoms with Crippen molar-refractivity contribution in [3.63, 3.8) is 0 Å². The molecule has 1 unspecified atom stereocenters. The van der Waals surface area contributed by atoms with Gasteiger partial charge in [-0.2, -0.15) is 0 Å². The van der Waals surface area contributed by atoms with Gasteiger partial charge in [-0.3, -0.25) is 4.79 Å². The Kier molecular flexibility index (Phi) is 1.92. The van der Waals surface area contributed by atoms with Crippen molar-refractivity contribution in [2.75, 3.05) is 0 Å². The summed E-state index contributed by atoms with van der Waals surface area (Å²) in [5.74, 6) is -0.0411. The molecule has 0 aromatic heterocycles. The number of carbonyl (C=O) groups is 1. The Hall–Kier alpha value is -0.570. The van der Waals surface area contributed by atoms with Gasteiger partial charge in [0.2, 0.25) is 5.91 Å². The number of rotatable bonds is 2. The third kappa shape index (κ3) is 1.93. The molecule has 0 bridgehead atoms. The van der Waals surface area contributed by atoms with Crippen molar-refractivity contribution >= 4 is 5.91 Å². The van der Waals surface area contributed by atoms with Crippen LogP contribution < -0.4 is 11.1 Å². The van der Waals surface area contributed by atoms with Crippen LogP contribution in [0.4, 0.5) is 0 Å². The first kappa shape index (κ1) is 8.53. The molecule has 1 rings (SSSR count). The lowest BCUT2D eigenvalue weighted by molar-refractivity contribution is -0.122. The second-order valence-electron chi connectivity index (χ2n) is 4.04. The molecule has 1 fully saturated rings. The minimum Gasteiger partial charge on any atom is -0.351 e. The molecule has 11 heavy (non-hydrogen) atoms. The van der Waals surface area contributed by atoms with Crippen LogP contribution in [0, 0.1) is 5.41 Å². The molecule has 0 heterocycles. The molecule has 0 spiro atoms. The molecule has 1 aliphatic rings. The summed E-state index contributed by atoms with van der Waals surface area (Å²) < 4.78 is 0. The predicted octanol–water partition coefficient (Wildman–Crippen LogP) is 0.248. The van der Waals surface area contributed by atoms with E-state index < -0.39 is 0 Å². The smallest absolute Gasteiger partial charge is 0.236 e. The Labute approximate surface area is 67.3 Å². The Morgan fingerprint density at radius 3 is 2.45 bits per heavy atom. The summed E-state index contributed by atoms with van der Waals surface area (Å²) in [5.41, 5.74) is 5.68. The summed E-state index contributed by atoms with van der Waals surface area (Å²) in [4.78, 5) is 11.0. The second-order valence-corrected chi connectivity index (χ2v) is 4.04. The van der Waals surface area contributed by atoms with E-state index in [1.165, 1.54) is 0 Å². The lowest BCUT2D eigenvalue weighted by Crippen LogP contribution is -2.40. The fourth-order valence-corrected chi connectivity index (χ4v) is 1.02. The van der Waals surface area contributed by atoms with Crippen LogP contribution in [0.1, 0.15) is 27.2 Å². The second kappa shape index (κ2) is 2.48. The summed E-state index contributed by atoms with van der Waals surface area (Å²) in [6.45, 7) is 5.98. The fraction of sp³-hybridized carbons (Fsp3) is 0.875. The van der Waals surface area contributed by atoms with Gasteiger partial charge in [-0.05, 0) is 18.8 Å². The Morgan fingerprint density at radius 2 is 2.18 bits per heavy atom. The predicted molar refractivity (Wildman–Crippen MR) is 44.0 cm³/mol. The Bertz CT molecular complexity index is 175. The van der Waals surface area contributed by atoms with Crippen molar-refractivity contribution < 1.29 is 4.79 Å². The minimum atomic E-state index is -0.383. The molecule has 0 aliphatic heterocycles. The monoisotopic (exact) mass is 156 g/mol. The van der Waals surface area contributed by atoms with Gasteiger partial charge in [0.05, 0.1) is 6.04 Å². The maximum absolute atomic E-state index is 11.0. The molecule has 1 saturated carbocycles. The quantitative estimate of drug-likeness (QED) is 0.602. The van der Waals surface area contributed by atoms with Crippen LogP contribution in [0.5, 0.6) is 0 Å². The van der Waals surface area contributed by atoms with Gasteiger partial charge in [0.25, 0.3) is 0 Å². The molecule has 0 aromatic carbocycles. The van der Waals surface area contributed by atoms with Crippen LogP contribution in [-0.4, -0.2) is 18.0 Å². The average Bonchev–Trinajstić information content (AvgIpc) is 2.39. The van der Waals surface area contributed by atoms with E-state index in [-0.39, 0.29) is 11.9 Å². The van der Waals surface area contributed by atoms with Gasteiger partial charge in [0, 0.05) is 6.04 Å². The highest BCUT2D eigenvalue weighted by molar-refractivity contribution is 5.81. The van der Waals surface area contributed by atoms with Crippen LogP contribution in [-0.2, 0) is 4.79 Å². The van der Waals surface area contributed by atoms with E-state index in [2.05, 4.69) is 19.2 Å². The molecule has 3 heteroatoms. The van der Waals surface area contributed by atoms with Crippen LogP contribution in [0.15, 0.2) is 0 Å². The van der Waals surface area contributed by atoms with Gasteiger partial charge in [-0.15, -0.1) is 0 Å². The van der Waals surface area contributed by atoms with Crippen molar-refractivity contribution in [3.8, 4) is 0 Å². The van der Waals surface area contributed by atoms with E-state index in [4.69, 9.17) is 5.73 Å². The molecular formula is C8H16N2O. The van der Waals surface area contributed by atoms with Crippen molar-refractivity contribution in [3.05, 3.63) is 0 Å². The molecular weight excluding hydrogens is 140 g/mol. The van der Waals surface area contributed by atoms with Crippen LogP contribution in [0.3, 0.4) is 0 Å². The summed E-state index contributed by atoms with van der Waals surface area (Å²) in [5, 5.41) is 2.88. The summed E-state index contributed by atoms with van der Waals surface area (Å²) in [7, 11) is 0. The van der Waals surface area contributed by atoms with Gasteiger partial charge in [-0.25, -0.2) is 0 Å². The van der Waals surface area contributed by atoms with Gasteiger partial charge < -0.3 is 11.1 Å². The first-order valence-electron chi connectivity index (χ1n) is 3.99. The zero-order chi connectivity index (χ0) is 8.65. The maximum Gasteiger partial charge on any atom is 0.236 e. The topological polar surface area (TPSA) is 55.1 Å². The van der Waals surface area contributed by atoms with Gasteiger partial charge >= 0.3 is 0 Å². The summed E-state index contributed by atoms with van der Waals surface area (Å²) >= 11 is 0. The minimum absolute atomic E-state index is 0.0411. The number of hydrogen-bond acceptors (Lipinski definition) is 2. The maximum atomic E-state index is 11.0. The number of hydrogen-bond donors (Lipinski definition) is 2. The van der Waals surface area contributed by atoms with Crippen molar-refractivity contribution in [2.45, 2.75) is 39.3 Å². The number of carbonyl (C=O) groups excluding carboxylic acids is 1. The van der Waals surface area contributed by atoms with E-state index in [1.54, 1.807) is 6.92 Å². The standard InChI is InChI=1S/C8H16N2O/c1-5(9)7(11)10-6-4-8(6,2)3/h5-6H,4,9H2,1-3H3,(H,10,11)/t5-,6?/m1/s1. The van der Waals surface area contributed by atoms with Crippen LogP contribution in [0.2, 0.25) is 0 Å². The summed E-state index contributed by atoms with van der Waals surface area (Å²) in [6.07, 6.45) is 1.07. The van der Waals surface area contributed by atoms with Crippen molar-refractivity contribution in [1.82, 2.24) is 5.32 Å². The van der Waals surface area contributed by atoms with Gasteiger partial charge in [-0.1, -0.05) is 13.8 Å². The first-order chi connectivity index (χ1) is 4.93. The van der Waals surface area contributed by atoms with Crippen LogP contribution in [0.25, 0.3) is 0 Å². The highest BCUT2D eigenvalue weighted by Crippen LogP contribution is 2.44. The molecule has 0 saturated heterocycles. The molecule has 3 N–H and O–H groups in total.